The van der Waals surface area contributed by atoms with Crippen molar-refractivity contribution in [2.24, 2.45) is 5.92 Å². The van der Waals surface area contributed by atoms with Crippen LogP contribution in [0.2, 0.25) is 0 Å². The van der Waals surface area contributed by atoms with E-state index >= 15 is 0 Å². The zero-order chi connectivity index (χ0) is 14.8. The molecular weight excluding hydrogens is 246 g/mol. The van der Waals surface area contributed by atoms with Crippen LogP contribution in [-0.4, -0.2) is 19.2 Å². The second-order valence-electron chi connectivity index (χ2n) is 7.35. The van der Waals surface area contributed by atoms with Gasteiger partial charge >= 0.3 is 0 Å². The maximum Gasteiger partial charge on any atom is 0.123 e. The van der Waals surface area contributed by atoms with Crippen LogP contribution in [0.3, 0.4) is 0 Å². The fourth-order valence-corrected chi connectivity index (χ4v) is 2.31. The normalized spacial score (nSPS) is 17.1. The summed E-state index contributed by atoms with van der Waals surface area (Å²) >= 11 is 0. The van der Waals surface area contributed by atoms with Gasteiger partial charge in [0.2, 0.25) is 0 Å². The third-order valence-corrected chi connectivity index (χ3v) is 3.80. The lowest BCUT2D eigenvalue weighted by Gasteiger charge is -2.24. The largest absolute Gasteiger partial charge is 0.493 e. The molecule has 1 aliphatic carbocycles. The van der Waals surface area contributed by atoms with Crippen LogP contribution in [0.5, 0.6) is 5.75 Å². The molecule has 1 aromatic carbocycles. The van der Waals surface area contributed by atoms with Crippen LogP contribution in [-0.2, 0) is 5.41 Å². The van der Waals surface area contributed by atoms with Crippen molar-refractivity contribution in [2.75, 3.05) is 13.2 Å². The van der Waals surface area contributed by atoms with Crippen molar-refractivity contribution < 1.29 is 4.74 Å². The van der Waals surface area contributed by atoms with E-state index in [4.69, 9.17) is 4.74 Å². The molecule has 1 atom stereocenters. The van der Waals surface area contributed by atoms with Gasteiger partial charge in [-0.05, 0) is 42.4 Å². The van der Waals surface area contributed by atoms with Crippen molar-refractivity contribution in [1.82, 2.24) is 5.32 Å². The van der Waals surface area contributed by atoms with Gasteiger partial charge in [0.1, 0.15) is 5.75 Å². The highest BCUT2D eigenvalue weighted by molar-refractivity contribution is 5.41. The Labute approximate surface area is 123 Å². The van der Waals surface area contributed by atoms with Crippen molar-refractivity contribution in [3.63, 3.8) is 0 Å². The third-order valence-electron chi connectivity index (χ3n) is 3.80. The van der Waals surface area contributed by atoms with Gasteiger partial charge in [0.25, 0.3) is 0 Å². The first kappa shape index (κ1) is 15.4. The molecule has 0 saturated heterocycles. The van der Waals surface area contributed by atoms with Gasteiger partial charge in [-0.2, -0.15) is 0 Å². The molecule has 0 spiro atoms. The van der Waals surface area contributed by atoms with Gasteiger partial charge in [-0.3, -0.25) is 0 Å². The van der Waals surface area contributed by atoms with Gasteiger partial charge < -0.3 is 10.1 Å². The first-order chi connectivity index (χ1) is 9.36. The van der Waals surface area contributed by atoms with E-state index in [9.17, 15) is 0 Å². The molecule has 1 fully saturated rings. The van der Waals surface area contributed by atoms with E-state index in [1.165, 1.54) is 24.0 Å². The van der Waals surface area contributed by atoms with Crippen LogP contribution in [0, 0.1) is 12.8 Å². The van der Waals surface area contributed by atoms with Gasteiger partial charge in [0, 0.05) is 18.5 Å². The molecule has 112 valence electrons. The predicted octanol–water partition coefficient (Wildman–Crippen LogP) is 4.06. The van der Waals surface area contributed by atoms with Gasteiger partial charge in [-0.1, -0.05) is 39.8 Å². The van der Waals surface area contributed by atoms with E-state index in [1.807, 2.05) is 0 Å². The van der Waals surface area contributed by atoms with Gasteiger partial charge in [0.05, 0.1) is 6.61 Å². The first-order valence-electron chi connectivity index (χ1n) is 7.83. The summed E-state index contributed by atoms with van der Waals surface area (Å²) in [6.07, 6.45) is 2.69. The fourth-order valence-electron chi connectivity index (χ4n) is 2.31. The quantitative estimate of drug-likeness (QED) is 0.845. The van der Waals surface area contributed by atoms with Crippen molar-refractivity contribution in [3.05, 3.63) is 29.3 Å². The molecule has 2 rings (SSSR count). The minimum absolute atomic E-state index is 0.124. The lowest BCUT2D eigenvalue weighted by Crippen LogP contribution is -2.27. The second-order valence-corrected chi connectivity index (χ2v) is 7.35. The minimum atomic E-state index is 0.124. The Bertz CT molecular complexity index is 443. The number of hydrogen-bond donors (Lipinski definition) is 1. The van der Waals surface area contributed by atoms with Crippen LogP contribution in [0.15, 0.2) is 18.2 Å². The number of rotatable bonds is 6. The molecule has 1 aliphatic rings. The summed E-state index contributed by atoms with van der Waals surface area (Å²) in [5.74, 6) is 1.60. The minimum Gasteiger partial charge on any atom is -0.493 e. The molecule has 1 N–H and O–H groups in total. The average molecular weight is 275 g/mol. The summed E-state index contributed by atoms with van der Waals surface area (Å²) in [5.41, 5.74) is 2.68. The summed E-state index contributed by atoms with van der Waals surface area (Å²) in [7, 11) is 0. The molecular formula is C18H29NO. The summed E-state index contributed by atoms with van der Waals surface area (Å²) in [4.78, 5) is 0. The average Bonchev–Trinajstić information content (AvgIpc) is 3.16. The van der Waals surface area contributed by atoms with Crippen molar-refractivity contribution in [2.45, 2.75) is 58.9 Å². The number of hydrogen-bond acceptors (Lipinski definition) is 2. The molecule has 1 saturated carbocycles. The van der Waals surface area contributed by atoms with E-state index < -0.39 is 0 Å². The molecule has 20 heavy (non-hydrogen) atoms. The highest BCUT2D eigenvalue weighted by atomic mass is 16.5. The van der Waals surface area contributed by atoms with Crippen molar-refractivity contribution in [1.29, 1.82) is 0 Å². The Balaban J connectivity index is 1.94. The molecule has 2 nitrogen and oxygen atoms in total. The molecule has 0 aliphatic heterocycles. The number of nitrogens with one attached hydrogen (secondary N) is 1. The van der Waals surface area contributed by atoms with Gasteiger partial charge in [0.15, 0.2) is 0 Å². The van der Waals surface area contributed by atoms with Gasteiger partial charge in [-0.15, -0.1) is 0 Å². The highest BCUT2D eigenvalue weighted by Gasteiger charge is 2.22. The van der Waals surface area contributed by atoms with E-state index in [2.05, 4.69) is 58.1 Å². The van der Waals surface area contributed by atoms with E-state index in [1.54, 1.807) is 0 Å². The third kappa shape index (κ3) is 4.52. The molecule has 2 heteroatoms. The highest BCUT2D eigenvalue weighted by Crippen LogP contribution is 2.32. The van der Waals surface area contributed by atoms with E-state index in [0.717, 1.165) is 24.9 Å². The fraction of sp³-hybridized carbons (Fsp3) is 0.667. The number of aryl methyl sites for hydroxylation is 1. The molecule has 0 radical (unpaired) electrons. The van der Waals surface area contributed by atoms with E-state index in [-0.39, 0.29) is 5.41 Å². The maximum absolute atomic E-state index is 6.12. The molecule has 0 bridgehead atoms. The Morgan fingerprint density at radius 2 is 2.00 bits per heavy atom. The summed E-state index contributed by atoms with van der Waals surface area (Å²) < 4.78 is 6.12. The van der Waals surface area contributed by atoms with Crippen molar-refractivity contribution in [3.8, 4) is 5.75 Å². The standard InChI is InChI=1S/C18H29NO/c1-13-6-9-16(18(3,4)5)17(10-13)20-12-14(2)11-19-15-7-8-15/h6,9-10,14-15,19H,7-8,11-12H2,1-5H3. The second kappa shape index (κ2) is 6.17. The Morgan fingerprint density at radius 1 is 1.30 bits per heavy atom. The predicted molar refractivity (Wildman–Crippen MR) is 85.6 cm³/mol. The van der Waals surface area contributed by atoms with Crippen molar-refractivity contribution >= 4 is 0 Å². The van der Waals surface area contributed by atoms with E-state index in [0.29, 0.717) is 5.92 Å². The molecule has 1 unspecified atom stereocenters. The Kier molecular flexibility index (Phi) is 4.74. The summed E-state index contributed by atoms with van der Waals surface area (Å²) in [6.45, 7) is 12.9. The SMILES string of the molecule is Cc1ccc(C(C)(C)C)c(OCC(C)CNC2CC2)c1. The Morgan fingerprint density at radius 3 is 2.60 bits per heavy atom. The van der Waals surface area contributed by atoms with Crippen LogP contribution in [0.25, 0.3) is 0 Å². The lowest BCUT2D eigenvalue weighted by atomic mass is 9.86. The number of benzene rings is 1. The zero-order valence-electron chi connectivity index (χ0n) is 13.6. The Hall–Kier alpha value is -1.02. The van der Waals surface area contributed by atoms with Gasteiger partial charge in [-0.25, -0.2) is 0 Å². The topological polar surface area (TPSA) is 21.3 Å². The number of ether oxygens (including phenoxy) is 1. The molecule has 0 aromatic heterocycles. The van der Waals surface area contributed by atoms with Crippen LogP contribution >= 0.6 is 0 Å². The monoisotopic (exact) mass is 275 g/mol. The molecule has 1 aromatic rings. The molecule has 0 heterocycles. The molecule has 0 amide bonds. The summed E-state index contributed by atoms with van der Waals surface area (Å²) in [6, 6.07) is 7.33. The lowest BCUT2D eigenvalue weighted by molar-refractivity contribution is 0.250. The smallest absolute Gasteiger partial charge is 0.123 e. The zero-order valence-corrected chi connectivity index (χ0v) is 13.6. The van der Waals surface area contributed by atoms with Crippen LogP contribution in [0.1, 0.15) is 51.7 Å². The first-order valence-corrected chi connectivity index (χ1v) is 7.83. The van der Waals surface area contributed by atoms with Crippen LogP contribution < -0.4 is 10.1 Å². The maximum atomic E-state index is 6.12. The summed E-state index contributed by atoms with van der Waals surface area (Å²) in [5, 5.41) is 3.57. The van der Waals surface area contributed by atoms with Crippen LogP contribution in [0.4, 0.5) is 0 Å².